The summed E-state index contributed by atoms with van der Waals surface area (Å²) in [5.41, 5.74) is 0.286. The van der Waals surface area contributed by atoms with Crippen LogP contribution in [-0.2, 0) is 10.0 Å². The molecular weight excluding hydrogens is 341 g/mol. The second-order valence-corrected chi connectivity index (χ2v) is 7.69. The minimum absolute atomic E-state index is 0.129. The molecule has 0 amide bonds. The van der Waals surface area contributed by atoms with Gasteiger partial charge in [0.25, 0.3) is 10.0 Å². The van der Waals surface area contributed by atoms with Gasteiger partial charge in [0, 0.05) is 17.5 Å². The van der Waals surface area contributed by atoms with Gasteiger partial charge < -0.3 is 4.52 Å². The van der Waals surface area contributed by atoms with Crippen molar-refractivity contribution in [3.63, 3.8) is 0 Å². The number of nitrogens with one attached hydrogen (secondary N) is 1. The first-order valence-corrected chi connectivity index (χ1v) is 8.84. The number of hydrogen-bond donors (Lipinski definition) is 1. The minimum atomic E-state index is -3.79. The highest BCUT2D eigenvalue weighted by Crippen LogP contribution is 2.32. The number of aryl methyl sites for hydroxylation is 2. The lowest BCUT2D eigenvalue weighted by atomic mass is 10.3. The van der Waals surface area contributed by atoms with Crippen molar-refractivity contribution in [3.8, 4) is 10.7 Å². The molecule has 1 N–H and O–H groups in total. The summed E-state index contributed by atoms with van der Waals surface area (Å²) in [6, 6.07) is 6.59. The van der Waals surface area contributed by atoms with Crippen molar-refractivity contribution < 1.29 is 17.3 Å². The quantitative estimate of drug-likeness (QED) is 0.777. The Morgan fingerprint density at radius 3 is 2.52 bits per heavy atom. The molecule has 0 unspecified atom stereocenters. The number of benzene rings is 1. The standard InChI is InChI=1S/C14H12FN3O3S2/c1-8-13(7-12(22-8)14-16-9(2)21-17-14)23(19,20)18-11-5-3-10(15)4-6-11/h3-7,18H,1-2H3. The average molecular weight is 353 g/mol. The van der Waals surface area contributed by atoms with Crippen LogP contribution in [0.4, 0.5) is 10.1 Å². The Morgan fingerprint density at radius 2 is 1.91 bits per heavy atom. The molecule has 23 heavy (non-hydrogen) atoms. The summed E-state index contributed by atoms with van der Waals surface area (Å²) in [7, 11) is -3.79. The van der Waals surface area contributed by atoms with Gasteiger partial charge in [-0.1, -0.05) is 5.16 Å². The third kappa shape index (κ3) is 3.25. The molecule has 0 saturated carbocycles. The third-order valence-corrected chi connectivity index (χ3v) is 5.69. The maximum Gasteiger partial charge on any atom is 0.263 e. The molecule has 1 aromatic carbocycles. The number of halogens is 1. The number of aromatic nitrogens is 2. The lowest BCUT2D eigenvalue weighted by molar-refractivity contribution is 0.394. The summed E-state index contributed by atoms with van der Waals surface area (Å²) < 4.78 is 45.2. The molecule has 3 rings (SSSR count). The van der Waals surface area contributed by atoms with Crippen LogP contribution >= 0.6 is 11.3 Å². The van der Waals surface area contributed by atoms with E-state index in [1.807, 2.05) is 0 Å². The molecule has 0 radical (unpaired) electrons. The molecular formula is C14H12FN3O3S2. The van der Waals surface area contributed by atoms with Crippen LogP contribution in [0.5, 0.6) is 0 Å². The fourth-order valence-electron chi connectivity index (χ4n) is 1.97. The van der Waals surface area contributed by atoms with E-state index in [1.165, 1.54) is 41.7 Å². The van der Waals surface area contributed by atoms with Crippen molar-refractivity contribution in [1.29, 1.82) is 0 Å². The van der Waals surface area contributed by atoms with Gasteiger partial charge in [0.2, 0.25) is 11.7 Å². The normalized spacial score (nSPS) is 11.6. The Kier molecular flexibility index (Phi) is 3.90. The molecule has 0 aliphatic heterocycles. The highest BCUT2D eigenvalue weighted by atomic mass is 32.2. The monoisotopic (exact) mass is 353 g/mol. The first-order valence-electron chi connectivity index (χ1n) is 6.55. The van der Waals surface area contributed by atoms with E-state index in [2.05, 4.69) is 14.9 Å². The molecule has 2 heterocycles. The van der Waals surface area contributed by atoms with Gasteiger partial charge >= 0.3 is 0 Å². The Balaban J connectivity index is 1.94. The summed E-state index contributed by atoms with van der Waals surface area (Å²) in [5.74, 6) is 0.313. The van der Waals surface area contributed by atoms with Crippen LogP contribution in [0.15, 0.2) is 39.8 Å². The zero-order valence-corrected chi connectivity index (χ0v) is 13.8. The molecule has 3 aromatic rings. The van der Waals surface area contributed by atoms with Gasteiger partial charge in [0.15, 0.2) is 0 Å². The maximum absolute atomic E-state index is 12.9. The summed E-state index contributed by atoms with van der Waals surface area (Å²) in [5, 5.41) is 3.78. The van der Waals surface area contributed by atoms with Crippen LogP contribution in [0.25, 0.3) is 10.7 Å². The van der Waals surface area contributed by atoms with Gasteiger partial charge in [-0.2, -0.15) is 4.98 Å². The summed E-state index contributed by atoms with van der Waals surface area (Å²) in [4.78, 5) is 5.41. The number of hydrogen-bond acceptors (Lipinski definition) is 6. The lowest BCUT2D eigenvalue weighted by Crippen LogP contribution is -2.13. The van der Waals surface area contributed by atoms with Crippen molar-refractivity contribution in [2.75, 3.05) is 4.72 Å². The van der Waals surface area contributed by atoms with Gasteiger partial charge in [-0.15, -0.1) is 11.3 Å². The molecule has 9 heteroatoms. The third-order valence-electron chi connectivity index (χ3n) is 3.01. The zero-order valence-electron chi connectivity index (χ0n) is 12.2. The van der Waals surface area contributed by atoms with Gasteiger partial charge in [0.1, 0.15) is 10.7 Å². The van der Waals surface area contributed by atoms with Crippen LogP contribution in [0.1, 0.15) is 10.8 Å². The molecule has 0 spiro atoms. The largest absolute Gasteiger partial charge is 0.339 e. The van der Waals surface area contributed by atoms with Crippen LogP contribution in [0.3, 0.4) is 0 Å². The topological polar surface area (TPSA) is 85.1 Å². The molecule has 0 atom stereocenters. The van der Waals surface area contributed by atoms with E-state index in [0.29, 0.717) is 21.5 Å². The summed E-state index contributed by atoms with van der Waals surface area (Å²) >= 11 is 1.26. The highest BCUT2D eigenvalue weighted by molar-refractivity contribution is 7.93. The van der Waals surface area contributed by atoms with E-state index in [1.54, 1.807) is 13.8 Å². The molecule has 120 valence electrons. The number of anilines is 1. The second kappa shape index (κ2) is 5.74. The predicted octanol–water partition coefficient (Wildman–Crippen LogP) is 3.35. The Morgan fingerprint density at radius 1 is 1.22 bits per heavy atom. The lowest BCUT2D eigenvalue weighted by Gasteiger charge is -2.07. The van der Waals surface area contributed by atoms with Gasteiger partial charge in [0.05, 0.1) is 4.88 Å². The van der Waals surface area contributed by atoms with Crippen molar-refractivity contribution in [3.05, 3.63) is 46.9 Å². The van der Waals surface area contributed by atoms with Crippen molar-refractivity contribution in [2.45, 2.75) is 18.7 Å². The summed E-state index contributed by atoms with van der Waals surface area (Å²) in [6.07, 6.45) is 0. The number of rotatable bonds is 4. The molecule has 0 bridgehead atoms. The second-order valence-electron chi connectivity index (χ2n) is 4.78. The van der Waals surface area contributed by atoms with E-state index >= 15 is 0 Å². The molecule has 2 aromatic heterocycles. The van der Waals surface area contributed by atoms with Gasteiger partial charge in [-0.3, -0.25) is 4.72 Å². The van der Waals surface area contributed by atoms with Crippen LogP contribution in [-0.4, -0.2) is 18.6 Å². The van der Waals surface area contributed by atoms with Crippen molar-refractivity contribution in [2.24, 2.45) is 0 Å². The zero-order chi connectivity index (χ0) is 16.6. The molecule has 0 saturated heterocycles. The first kappa shape index (κ1) is 15.6. The number of thiophene rings is 1. The fourth-order valence-corrected chi connectivity index (χ4v) is 4.55. The summed E-state index contributed by atoms with van der Waals surface area (Å²) in [6.45, 7) is 3.35. The van der Waals surface area contributed by atoms with Gasteiger partial charge in [-0.05, 0) is 37.3 Å². The molecule has 0 fully saturated rings. The predicted molar refractivity (Wildman–Crippen MR) is 84.3 cm³/mol. The van der Waals surface area contributed by atoms with Crippen LogP contribution in [0.2, 0.25) is 0 Å². The van der Waals surface area contributed by atoms with E-state index in [9.17, 15) is 12.8 Å². The van der Waals surface area contributed by atoms with Gasteiger partial charge in [-0.25, -0.2) is 12.8 Å². The Labute approximate surface area is 136 Å². The van der Waals surface area contributed by atoms with Crippen LogP contribution < -0.4 is 4.72 Å². The maximum atomic E-state index is 12.9. The van der Waals surface area contributed by atoms with E-state index in [4.69, 9.17) is 4.52 Å². The van der Waals surface area contributed by atoms with E-state index < -0.39 is 15.8 Å². The molecule has 6 nitrogen and oxygen atoms in total. The number of nitrogens with zero attached hydrogens (tertiary/aromatic N) is 2. The smallest absolute Gasteiger partial charge is 0.263 e. The Bertz CT molecular complexity index is 946. The molecule has 0 aliphatic rings. The minimum Gasteiger partial charge on any atom is -0.339 e. The number of sulfonamides is 1. The first-order chi connectivity index (χ1) is 10.8. The van der Waals surface area contributed by atoms with Crippen LogP contribution in [0, 0.1) is 19.7 Å². The average Bonchev–Trinajstić information content (AvgIpc) is 3.07. The van der Waals surface area contributed by atoms with E-state index in [0.717, 1.165) is 0 Å². The van der Waals surface area contributed by atoms with Crippen molar-refractivity contribution in [1.82, 2.24) is 10.1 Å². The van der Waals surface area contributed by atoms with Crippen molar-refractivity contribution >= 4 is 27.0 Å². The fraction of sp³-hybridized carbons (Fsp3) is 0.143. The Hall–Kier alpha value is -2.26. The highest BCUT2D eigenvalue weighted by Gasteiger charge is 2.22. The SMILES string of the molecule is Cc1nc(-c2cc(S(=O)(=O)Nc3ccc(F)cc3)c(C)s2)no1. The van der Waals surface area contributed by atoms with E-state index in [-0.39, 0.29) is 10.6 Å². The molecule has 0 aliphatic carbocycles.